The monoisotopic (exact) mass is 879 g/mol. The van der Waals surface area contributed by atoms with Gasteiger partial charge < -0.3 is 25.3 Å². The molecular formula is C39H48F3N7O7S3. The highest BCUT2D eigenvalue weighted by atomic mass is 32.2. The van der Waals surface area contributed by atoms with Crippen LogP contribution in [0, 0.1) is 0 Å². The first kappa shape index (κ1) is 44.3. The summed E-state index contributed by atoms with van der Waals surface area (Å²) in [5.74, 6) is -0.569. The molecule has 0 aliphatic carbocycles. The second kappa shape index (κ2) is 19.0. The zero-order valence-electron chi connectivity index (χ0n) is 32.2. The van der Waals surface area contributed by atoms with Crippen molar-refractivity contribution in [2.45, 2.75) is 77.3 Å². The van der Waals surface area contributed by atoms with E-state index in [-0.39, 0.29) is 23.9 Å². The van der Waals surface area contributed by atoms with Crippen molar-refractivity contribution in [3.8, 4) is 0 Å². The Morgan fingerprint density at radius 1 is 0.864 bits per heavy atom. The first-order chi connectivity index (χ1) is 28.0. The number of carbonyl (C=O) groups is 3. The normalized spacial score (nSPS) is 18.7. The molecule has 3 amide bonds. The number of hydrogen-bond acceptors (Lipinski definition) is 12. The van der Waals surface area contributed by atoms with Gasteiger partial charge in [-0.3, -0.25) is 19.7 Å². The number of piperazine rings is 1. The summed E-state index contributed by atoms with van der Waals surface area (Å²) in [7, 11) is -10.4. The largest absolute Gasteiger partial charge is 0.501 e. The summed E-state index contributed by atoms with van der Waals surface area (Å²) in [5, 5.41) is 13.9. The number of sulfonamides is 1. The number of nitrogens with zero attached hydrogens (tertiary/aromatic N) is 3. The van der Waals surface area contributed by atoms with E-state index in [4.69, 9.17) is 5.14 Å². The molecule has 0 radical (unpaired) electrons. The predicted molar refractivity (Wildman–Crippen MR) is 218 cm³/mol. The molecule has 59 heavy (non-hydrogen) atoms. The number of hydrogen-bond donors (Lipinski definition) is 4. The second-order valence-corrected chi connectivity index (χ2v) is 19.4. The molecule has 2 atom stereocenters. The summed E-state index contributed by atoms with van der Waals surface area (Å²) in [6.07, 6.45) is 3.88. The third kappa shape index (κ3) is 11.1. The number of nitrogens with one attached hydrogen (secondary N) is 3. The molecule has 5 N–H and O–H groups in total. The Kier molecular flexibility index (Phi) is 14.3. The molecule has 3 heterocycles. The summed E-state index contributed by atoms with van der Waals surface area (Å²) >= 11 is 1.47. The number of rotatable bonds is 18. The molecular weight excluding hydrogens is 832 g/mol. The van der Waals surface area contributed by atoms with Gasteiger partial charge in [-0.1, -0.05) is 30.7 Å². The van der Waals surface area contributed by atoms with Crippen LogP contribution >= 0.6 is 11.8 Å². The molecule has 0 spiro atoms. The van der Waals surface area contributed by atoms with Crippen molar-refractivity contribution in [2.24, 2.45) is 5.14 Å². The van der Waals surface area contributed by atoms with E-state index in [2.05, 4.69) is 25.8 Å². The van der Waals surface area contributed by atoms with Crippen LogP contribution in [-0.4, -0.2) is 118 Å². The van der Waals surface area contributed by atoms with Gasteiger partial charge in [-0.05, 0) is 74.7 Å². The average molecular weight is 880 g/mol. The Labute approximate surface area is 346 Å². The lowest BCUT2D eigenvalue weighted by Crippen LogP contribution is -2.52. The molecule has 20 heteroatoms. The number of unbranched alkanes of at least 4 members (excludes halogenated alkanes) is 2. The van der Waals surface area contributed by atoms with Gasteiger partial charge in [-0.15, -0.1) is 11.8 Å². The molecule has 3 aliphatic heterocycles. The highest BCUT2D eigenvalue weighted by Gasteiger charge is 2.48. The van der Waals surface area contributed by atoms with Crippen molar-refractivity contribution in [1.82, 2.24) is 20.0 Å². The molecule has 6 rings (SSSR count). The predicted octanol–water partition coefficient (Wildman–Crippen LogP) is 4.25. The molecule has 1 unspecified atom stereocenters. The number of halogens is 3. The van der Waals surface area contributed by atoms with Crippen molar-refractivity contribution in [1.29, 1.82) is 0 Å². The van der Waals surface area contributed by atoms with Crippen LogP contribution in [0.25, 0.3) is 0 Å². The standard InChI is InChI=1S/C39H48F3N7O7S3/c40-39(41,42)58(53,54)35-24-29(59(43,55)56)12-13-33(35)45-27(26-57-28-8-3-1-4-9-28)16-19-48-22-20-47(21-23-48)18-6-2-5-17-44-32-11-7-10-30-31(32)25-49(38(30)52)34-14-15-36(50)46-37(34)51/h1,3-4,7-13,24,27,34,44-45H,2,5-6,14-23,25-26H2,(H2,43,55,56)(H,46,50,51)/t27-,34?/m1/s1. The van der Waals surface area contributed by atoms with Gasteiger partial charge in [0.1, 0.15) is 10.9 Å². The minimum absolute atomic E-state index is 0.202. The molecule has 0 bridgehead atoms. The third-order valence-electron chi connectivity index (χ3n) is 10.7. The van der Waals surface area contributed by atoms with Gasteiger partial charge in [0.05, 0.1) is 10.6 Å². The summed E-state index contributed by atoms with van der Waals surface area (Å²) < 4.78 is 90.3. The van der Waals surface area contributed by atoms with Crippen molar-refractivity contribution in [2.75, 3.05) is 62.2 Å². The van der Waals surface area contributed by atoms with E-state index in [1.807, 2.05) is 42.5 Å². The SMILES string of the molecule is NS(=O)(=O)c1ccc(N[C@H](CCN2CCN(CCCCCNc3cccc4c3CN(C3CCC(=O)NC3=O)C4=O)CC2)CSc2ccccc2)c(S(=O)(=O)C(F)(F)F)c1. The number of piperidine rings is 1. The fourth-order valence-electron chi connectivity index (χ4n) is 7.46. The molecule has 2 fully saturated rings. The van der Waals surface area contributed by atoms with Crippen LogP contribution in [0.3, 0.4) is 0 Å². The van der Waals surface area contributed by atoms with Crippen molar-refractivity contribution in [3.05, 3.63) is 77.9 Å². The number of benzene rings is 3. The van der Waals surface area contributed by atoms with Crippen LogP contribution < -0.4 is 21.1 Å². The number of carbonyl (C=O) groups excluding carboxylic acids is 3. The van der Waals surface area contributed by atoms with Crippen LogP contribution in [0.15, 0.2) is 81.4 Å². The van der Waals surface area contributed by atoms with E-state index in [0.29, 0.717) is 49.9 Å². The second-order valence-electron chi connectivity index (χ2n) is 14.8. The Morgan fingerprint density at radius 2 is 1.58 bits per heavy atom. The molecule has 14 nitrogen and oxygen atoms in total. The van der Waals surface area contributed by atoms with Gasteiger partial charge >= 0.3 is 5.51 Å². The maximum atomic E-state index is 13.7. The van der Waals surface area contributed by atoms with Crippen LogP contribution in [0.1, 0.15) is 54.4 Å². The number of thioether (sulfide) groups is 1. The van der Waals surface area contributed by atoms with Gasteiger partial charge in [0, 0.05) is 85.7 Å². The molecule has 0 aromatic heterocycles. The quantitative estimate of drug-likeness (QED) is 0.0809. The number of fused-ring (bicyclic) bond motifs is 1. The number of primary sulfonamides is 1. The number of sulfone groups is 1. The Hall–Kier alpha value is -4.21. The minimum Gasteiger partial charge on any atom is -0.385 e. The fraction of sp³-hybridized carbons (Fsp3) is 0.462. The Bertz CT molecular complexity index is 2220. The summed E-state index contributed by atoms with van der Waals surface area (Å²) in [6.45, 7) is 5.79. The minimum atomic E-state index is -5.92. The van der Waals surface area contributed by atoms with Crippen LogP contribution in [0.4, 0.5) is 24.5 Å². The topological polar surface area (TPSA) is 191 Å². The smallest absolute Gasteiger partial charge is 0.385 e. The summed E-state index contributed by atoms with van der Waals surface area (Å²) in [4.78, 5) is 42.3. The van der Waals surface area contributed by atoms with Crippen LogP contribution in [-0.2, 0) is 36.0 Å². The molecule has 3 aromatic rings. The molecule has 2 saturated heterocycles. The van der Waals surface area contributed by atoms with Crippen molar-refractivity contribution >= 4 is 60.7 Å². The van der Waals surface area contributed by atoms with E-state index in [0.717, 1.165) is 80.3 Å². The van der Waals surface area contributed by atoms with Gasteiger partial charge in [0.2, 0.25) is 21.8 Å². The lowest BCUT2D eigenvalue weighted by Gasteiger charge is -2.35. The van der Waals surface area contributed by atoms with Gasteiger partial charge in [-0.25, -0.2) is 22.0 Å². The highest BCUT2D eigenvalue weighted by molar-refractivity contribution is 7.99. The number of amides is 3. The van der Waals surface area contributed by atoms with E-state index in [9.17, 15) is 44.4 Å². The summed E-state index contributed by atoms with van der Waals surface area (Å²) in [6, 6.07) is 16.2. The number of anilines is 2. The Balaban J connectivity index is 0.966. The van der Waals surface area contributed by atoms with Crippen LogP contribution in [0.2, 0.25) is 0 Å². The molecule has 3 aromatic carbocycles. The van der Waals surface area contributed by atoms with E-state index in [1.54, 1.807) is 11.0 Å². The maximum absolute atomic E-state index is 13.7. The third-order valence-corrected chi connectivity index (χ3v) is 14.3. The Morgan fingerprint density at radius 3 is 2.25 bits per heavy atom. The number of imide groups is 1. The molecule has 3 aliphatic rings. The lowest BCUT2D eigenvalue weighted by atomic mass is 10.0. The van der Waals surface area contributed by atoms with Gasteiger partial charge in [0.25, 0.3) is 15.7 Å². The van der Waals surface area contributed by atoms with E-state index in [1.165, 1.54) is 11.8 Å². The number of nitrogens with two attached hydrogens (primary N) is 1. The van der Waals surface area contributed by atoms with E-state index < -0.39 is 53.2 Å². The zero-order valence-corrected chi connectivity index (χ0v) is 34.7. The van der Waals surface area contributed by atoms with Gasteiger partial charge in [-0.2, -0.15) is 13.2 Å². The van der Waals surface area contributed by atoms with Crippen molar-refractivity contribution in [3.63, 3.8) is 0 Å². The average Bonchev–Trinajstić information content (AvgIpc) is 3.53. The molecule has 320 valence electrons. The van der Waals surface area contributed by atoms with Crippen LogP contribution in [0.5, 0.6) is 0 Å². The number of alkyl halides is 3. The maximum Gasteiger partial charge on any atom is 0.501 e. The first-order valence-electron chi connectivity index (χ1n) is 19.4. The lowest BCUT2D eigenvalue weighted by molar-refractivity contribution is -0.136. The van der Waals surface area contributed by atoms with E-state index >= 15 is 0 Å². The van der Waals surface area contributed by atoms with Crippen molar-refractivity contribution < 1.29 is 44.4 Å². The highest BCUT2D eigenvalue weighted by Crippen LogP contribution is 2.37. The summed E-state index contributed by atoms with van der Waals surface area (Å²) in [5.41, 5.74) is -3.73. The fourth-order valence-corrected chi connectivity index (χ4v) is 10.0. The first-order valence-corrected chi connectivity index (χ1v) is 23.4. The van der Waals surface area contributed by atoms with Gasteiger partial charge in [0.15, 0.2) is 0 Å². The zero-order chi connectivity index (χ0) is 42.4. The molecule has 0 saturated carbocycles.